The average molecular weight is 425 g/mol. The van der Waals surface area contributed by atoms with Crippen molar-refractivity contribution < 1.29 is 9.59 Å². The third-order valence-corrected chi connectivity index (χ3v) is 6.34. The smallest absolute Gasteiger partial charge is 0.247 e. The largest absolute Gasteiger partial charge is 0.355 e. The van der Waals surface area contributed by atoms with E-state index < -0.39 is 0 Å². The van der Waals surface area contributed by atoms with Crippen molar-refractivity contribution >= 4 is 23.1 Å². The van der Waals surface area contributed by atoms with Gasteiger partial charge in [-0.15, -0.1) is 0 Å². The van der Waals surface area contributed by atoms with Crippen LogP contribution in [-0.2, 0) is 16.0 Å². The van der Waals surface area contributed by atoms with Crippen molar-refractivity contribution in [3.8, 4) is 22.3 Å². The summed E-state index contributed by atoms with van der Waals surface area (Å²) < 4.78 is 0. The van der Waals surface area contributed by atoms with Gasteiger partial charge >= 0.3 is 0 Å². The number of hydrogen-bond donors (Lipinski definition) is 1. The van der Waals surface area contributed by atoms with Crippen LogP contribution in [-0.4, -0.2) is 35.4 Å². The lowest BCUT2D eigenvalue weighted by Gasteiger charge is -2.16. The van der Waals surface area contributed by atoms with E-state index in [1.165, 1.54) is 0 Å². The third-order valence-electron chi connectivity index (χ3n) is 6.34. The second-order valence-electron chi connectivity index (χ2n) is 8.20. The Morgan fingerprint density at radius 1 is 1.06 bits per heavy atom. The minimum absolute atomic E-state index is 0.0603. The van der Waals surface area contributed by atoms with E-state index in [2.05, 4.69) is 21.4 Å². The molecule has 6 heteroatoms. The van der Waals surface area contributed by atoms with E-state index in [-0.39, 0.29) is 11.8 Å². The molecule has 3 aromatic rings. The first kappa shape index (κ1) is 20.1. The van der Waals surface area contributed by atoms with Gasteiger partial charge in [-0.2, -0.15) is 0 Å². The van der Waals surface area contributed by atoms with Crippen LogP contribution in [0.4, 0.5) is 5.69 Å². The van der Waals surface area contributed by atoms with Crippen LogP contribution in [0.25, 0.3) is 27.8 Å². The van der Waals surface area contributed by atoms with Crippen LogP contribution in [0.15, 0.2) is 60.6 Å². The Hall–Kier alpha value is -3.80. The zero-order valence-corrected chi connectivity index (χ0v) is 18.2. The molecule has 32 heavy (non-hydrogen) atoms. The Morgan fingerprint density at radius 3 is 2.56 bits per heavy atom. The van der Waals surface area contributed by atoms with Crippen LogP contribution < -0.4 is 10.2 Å². The number of carbonyl (C=O) groups excluding carboxylic acids is 2. The van der Waals surface area contributed by atoms with Crippen molar-refractivity contribution in [2.75, 3.05) is 18.5 Å². The van der Waals surface area contributed by atoms with E-state index in [0.717, 1.165) is 63.3 Å². The van der Waals surface area contributed by atoms with Crippen LogP contribution in [0, 0.1) is 0 Å². The maximum atomic E-state index is 12.3. The molecule has 1 fully saturated rings. The van der Waals surface area contributed by atoms with Crippen LogP contribution in [0.3, 0.4) is 0 Å². The van der Waals surface area contributed by atoms with Gasteiger partial charge in [-0.3, -0.25) is 19.6 Å². The van der Waals surface area contributed by atoms with Crippen molar-refractivity contribution in [3.05, 3.63) is 71.8 Å². The fourth-order valence-corrected chi connectivity index (χ4v) is 4.65. The molecule has 2 aliphatic rings. The molecule has 3 heterocycles. The fraction of sp³-hybridized carbons (Fsp3) is 0.231. The van der Waals surface area contributed by atoms with Crippen molar-refractivity contribution in [3.63, 3.8) is 0 Å². The molecular formula is C26H24N4O2. The predicted molar refractivity (Wildman–Crippen MR) is 125 cm³/mol. The predicted octanol–water partition coefficient (Wildman–Crippen LogP) is 4.01. The molecule has 0 unspecified atom stereocenters. The summed E-state index contributed by atoms with van der Waals surface area (Å²) in [5.74, 6) is 0.127. The number of fused-ring (bicyclic) bond motifs is 1. The minimum Gasteiger partial charge on any atom is -0.355 e. The van der Waals surface area contributed by atoms with Gasteiger partial charge in [0.25, 0.3) is 0 Å². The van der Waals surface area contributed by atoms with Gasteiger partial charge in [0.2, 0.25) is 11.8 Å². The standard InChI is InChI=1S/C26H24N4O2/c1-16-22(26(32)27-2)13-23-25(16)21(9-10-29-23)19-12-18(14-28-15-19)17-5-7-20(8-6-17)30-11-3-4-24(30)31/h5-10,12,14-15H,3-4,11,13H2,1-2H3,(H,27,32). The number of aromatic nitrogens is 2. The molecule has 1 aliphatic heterocycles. The van der Waals surface area contributed by atoms with Gasteiger partial charge in [0.05, 0.1) is 5.69 Å². The molecule has 1 N–H and O–H groups in total. The number of amides is 2. The van der Waals surface area contributed by atoms with Crippen LogP contribution >= 0.6 is 0 Å². The summed E-state index contributed by atoms with van der Waals surface area (Å²) >= 11 is 0. The Kier molecular flexibility index (Phi) is 5.05. The molecule has 0 bridgehead atoms. The molecule has 6 nitrogen and oxygen atoms in total. The van der Waals surface area contributed by atoms with E-state index in [1.54, 1.807) is 13.2 Å². The number of allylic oxidation sites excluding steroid dienone is 1. The Bertz CT molecular complexity index is 1260. The number of rotatable bonds is 4. The zero-order chi connectivity index (χ0) is 22.2. The lowest BCUT2D eigenvalue weighted by atomic mass is 9.96. The molecule has 5 rings (SSSR count). The van der Waals surface area contributed by atoms with Crippen molar-refractivity contribution in [2.45, 2.75) is 26.2 Å². The van der Waals surface area contributed by atoms with Crippen LogP contribution in [0.2, 0.25) is 0 Å². The Balaban J connectivity index is 1.50. The Morgan fingerprint density at radius 2 is 1.84 bits per heavy atom. The van der Waals surface area contributed by atoms with Crippen molar-refractivity contribution in [1.82, 2.24) is 15.3 Å². The van der Waals surface area contributed by atoms with E-state index in [4.69, 9.17) is 0 Å². The first-order valence-electron chi connectivity index (χ1n) is 10.8. The van der Waals surface area contributed by atoms with Gasteiger partial charge in [-0.25, -0.2) is 0 Å². The Labute approximate surface area is 187 Å². The van der Waals surface area contributed by atoms with E-state index in [9.17, 15) is 9.59 Å². The number of nitrogens with one attached hydrogen (secondary N) is 1. The zero-order valence-electron chi connectivity index (χ0n) is 18.2. The molecule has 1 aliphatic carbocycles. The molecule has 1 saturated heterocycles. The summed E-state index contributed by atoms with van der Waals surface area (Å²) in [5, 5.41) is 2.73. The fourth-order valence-electron chi connectivity index (χ4n) is 4.65. The summed E-state index contributed by atoms with van der Waals surface area (Å²) in [6.07, 6.45) is 7.57. The summed E-state index contributed by atoms with van der Waals surface area (Å²) in [7, 11) is 1.65. The molecule has 2 aromatic heterocycles. The first-order valence-corrected chi connectivity index (χ1v) is 10.8. The van der Waals surface area contributed by atoms with Gasteiger partial charge < -0.3 is 10.2 Å². The van der Waals surface area contributed by atoms with Crippen LogP contribution in [0.5, 0.6) is 0 Å². The van der Waals surface area contributed by atoms with Crippen molar-refractivity contribution in [1.29, 1.82) is 0 Å². The second kappa shape index (κ2) is 8.04. The molecule has 1 aromatic carbocycles. The topological polar surface area (TPSA) is 75.2 Å². The highest BCUT2D eigenvalue weighted by Crippen LogP contribution is 2.39. The highest BCUT2D eigenvalue weighted by molar-refractivity contribution is 6.05. The maximum absolute atomic E-state index is 12.3. The SMILES string of the molecule is CNC(=O)C1=C(C)c2c(-c3cncc(-c4ccc(N5CCCC5=O)cc4)c3)ccnc2C1. The van der Waals surface area contributed by atoms with Gasteiger partial charge in [0, 0.05) is 73.0 Å². The summed E-state index contributed by atoms with van der Waals surface area (Å²) in [6.45, 7) is 2.77. The molecule has 2 amide bonds. The van der Waals surface area contributed by atoms with Gasteiger partial charge in [0.1, 0.15) is 0 Å². The maximum Gasteiger partial charge on any atom is 0.247 e. The first-order chi connectivity index (χ1) is 15.6. The number of nitrogens with zero attached hydrogens (tertiary/aromatic N) is 3. The highest BCUT2D eigenvalue weighted by Gasteiger charge is 2.27. The van der Waals surface area contributed by atoms with E-state index >= 15 is 0 Å². The second-order valence-corrected chi connectivity index (χ2v) is 8.20. The summed E-state index contributed by atoms with van der Waals surface area (Å²) in [5.41, 5.74) is 8.66. The van der Waals surface area contributed by atoms with Gasteiger partial charge in [-0.1, -0.05) is 12.1 Å². The van der Waals surface area contributed by atoms with Gasteiger partial charge in [0.15, 0.2) is 0 Å². The third kappa shape index (κ3) is 3.38. The van der Waals surface area contributed by atoms with E-state index in [1.807, 2.05) is 54.5 Å². The van der Waals surface area contributed by atoms with E-state index in [0.29, 0.717) is 12.8 Å². The quantitative estimate of drug-likeness (QED) is 0.687. The monoisotopic (exact) mass is 424 g/mol. The number of hydrogen-bond acceptors (Lipinski definition) is 4. The highest BCUT2D eigenvalue weighted by atomic mass is 16.2. The minimum atomic E-state index is -0.0603. The summed E-state index contributed by atoms with van der Waals surface area (Å²) in [4.78, 5) is 35.2. The lowest BCUT2D eigenvalue weighted by Crippen LogP contribution is -2.23. The molecule has 0 atom stereocenters. The van der Waals surface area contributed by atoms with Crippen LogP contribution in [0.1, 0.15) is 31.0 Å². The number of pyridine rings is 2. The number of likely N-dealkylation sites (N-methyl/N-ethyl adjacent to an activating group) is 1. The lowest BCUT2D eigenvalue weighted by molar-refractivity contribution is -0.117. The molecule has 0 radical (unpaired) electrons. The number of benzene rings is 1. The normalized spacial score (nSPS) is 15.3. The molecule has 0 saturated carbocycles. The summed E-state index contributed by atoms with van der Waals surface area (Å²) in [6, 6.07) is 12.2. The molecule has 160 valence electrons. The number of carbonyl (C=O) groups is 2. The average Bonchev–Trinajstić information content (AvgIpc) is 3.42. The molecular weight excluding hydrogens is 400 g/mol. The van der Waals surface area contributed by atoms with Crippen molar-refractivity contribution in [2.24, 2.45) is 0 Å². The van der Waals surface area contributed by atoms with Gasteiger partial charge in [-0.05, 0) is 54.3 Å². The number of anilines is 1. The molecule has 0 spiro atoms.